The number of hydrogen-bond donors (Lipinski definition) is 0. The van der Waals surface area contributed by atoms with E-state index in [1.165, 1.54) is 23.9 Å². The van der Waals surface area contributed by atoms with Gasteiger partial charge in [-0.05, 0) is 49.9 Å². The van der Waals surface area contributed by atoms with Crippen LogP contribution in [0.2, 0.25) is 0 Å². The molecule has 0 N–H and O–H groups in total. The van der Waals surface area contributed by atoms with Gasteiger partial charge < -0.3 is 9.64 Å². The van der Waals surface area contributed by atoms with E-state index in [0.29, 0.717) is 0 Å². The number of carbonyl (C=O) groups excluding carboxylic acids is 1. The van der Waals surface area contributed by atoms with Crippen molar-refractivity contribution in [2.45, 2.75) is 26.7 Å². The minimum absolute atomic E-state index is 0.0601. The Kier molecular flexibility index (Phi) is 3.90. The van der Waals surface area contributed by atoms with E-state index in [4.69, 9.17) is 4.74 Å². The Morgan fingerprint density at radius 2 is 1.72 bits per heavy atom. The standard InChI is InChI=1S/C15H21NO2/c1-11-8-12(2)10-14(9-11)16-6-4-13(5-7-16)15(17)18-3/h8-10,13H,4-7H2,1-3H3. The van der Waals surface area contributed by atoms with Gasteiger partial charge in [0.25, 0.3) is 0 Å². The summed E-state index contributed by atoms with van der Waals surface area (Å²) in [6.45, 7) is 6.11. The van der Waals surface area contributed by atoms with Crippen molar-refractivity contribution >= 4 is 11.7 Å². The van der Waals surface area contributed by atoms with Crippen LogP contribution in [0.1, 0.15) is 24.0 Å². The fraction of sp³-hybridized carbons (Fsp3) is 0.533. The number of esters is 1. The quantitative estimate of drug-likeness (QED) is 0.753. The van der Waals surface area contributed by atoms with Crippen LogP contribution in [0.5, 0.6) is 0 Å². The summed E-state index contributed by atoms with van der Waals surface area (Å²) < 4.78 is 4.81. The molecule has 1 aliphatic heterocycles. The molecule has 0 unspecified atom stereocenters. The van der Waals surface area contributed by atoms with E-state index >= 15 is 0 Å². The lowest BCUT2D eigenvalue weighted by Crippen LogP contribution is -2.36. The molecule has 3 nitrogen and oxygen atoms in total. The number of methoxy groups -OCH3 is 1. The third-order valence-corrected chi connectivity index (χ3v) is 3.60. The minimum Gasteiger partial charge on any atom is -0.469 e. The highest BCUT2D eigenvalue weighted by atomic mass is 16.5. The number of nitrogens with zero attached hydrogens (tertiary/aromatic N) is 1. The van der Waals surface area contributed by atoms with Crippen LogP contribution in [0.4, 0.5) is 5.69 Å². The second-order valence-corrected chi connectivity index (χ2v) is 5.13. The average Bonchev–Trinajstić information content (AvgIpc) is 2.37. The number of rotatable bonds is 2. The lowest BCUT2D eigenvalue weighted by molar-refractivity contribution is -0.146. The molecule has 0 saturated carbocycles. The Morgan fingerprint density at radius 1 is 1.17 bits per heavy atom. The van der Waals surface area contributed by atoms with E-state index < -0.39 is 0 Å². The van der Waals surface area contributed by atoms with E-state index in [2.05, 4.69) is 36.9 Å². The second kappa shape index (κ2) is 5.42. The van der Waals surface area contributed by atoms with Gasteiger partial charge in [-0.15, -0.1) is 0 Å². The molecule has 1 aromatic carbocycles. The first-order valence-electron chi connectivity index (χ1n) is 6.51. The minimum atomic E-state index is -0.0601. The summed E-state index contributed by atoms with van der Waals surface area (Å²) in [5.74, 6) is 0.0206. The Balaban J connectivity index is 2.03. The van der Waals surface area contributed by atoms with Crippen LogP contribution in [0.15, 0.2) is 18.2 Å². The molecule has 18 heavy (non-hydrogen) atoms. The fourth-order valence-corrected chi connectivity index (χ4v) is 2.67. The molecule has 2 rings (SSSR count). The third kappa shape index (κ3) is 2.84. The predicted octanol–water partition coefficient (Wildman–Crippen LogP) is 2.69. The Morgan fingerprint density at radius 3 is 2.22 bits per heavy atom. The van der Waals surface area contributed by atoms with E-state index in [0.717, 1.165) is 25.9 Å². The highest BCUT2D eigenvalue weighted by Gasteiger charge is 2.25. The summed E-state index contributed by atoms with van der Waals surface area (Å²) in [6, 6.07) is 6.61. The maximum Gasteiger partial charge on any atom is 0.308 e. The summed E-state index contributed by atoms with van der Waals surface area (Å²) in [4.78, 5) is 13.8. The summed E-state index contributed by atoms with van der Waals surface area (Å²) in [6.07, 6.45) is 1.78. The third-order valence-electron chi connectivity index (χ3n) is 3.60. The molecule has 0 spiro atoms. The molecule has 0 bridgehead atoms. The molecular formula is C15H21NO2. The van der Waals surface area contributed by atoms with Gasteiger partial charge in [0.1, 0.15) is 0 Å². The smallest absolute Gasteiger partial charge is 0.308 e. The van der Waals surface area contributed by atoms with Crippen molar-refractivity contribution in [3.05, 3.63) is 29.3 Å². The number of aryl methyl sites for hydroxylation is 2. The van der Waals surface area contributed by atoms with Gasteiger partial charge in [-0.3, -0.25) is 4.79 Å². The van der Waals surface area contributed by atoms with E-state index in [-0.39, 0.29) is 11.9 Å². The second-order valence-electron chi connectivity index (χ2n) is 5.13. The maximum absolute atomic E-state index is 11.5. The van der Waals surface area contributed by atoms with Gasteiger partial charge in [-0.25, -0.2) is 0 Å². The van der Waals surface area contributed by atoms with Crippen LogP contribution in [-0.2, 0) is 9.53 Å². The maximum atomic E-state index is 11.5. The van der Waals surface area contributed by atoms with Crippen LogP contribution >= 0.6 is 0 Å². The van der Waals surface area contributed by atoms with Crippen molar-refractivity contribution in [3.63, 3.8) is 0 Å². The molecule has 1 aromatic rings. The fourth-order valence-electron chi connectivity index (χ4n) is 2.67. The number of piperidine rings is 1. The molecule has 98 valence electrons. The largest absolute Gasteiger partial charge is 0.469 e. The molecule has 1 heterocycles. The van der Waals surface area contributed by atoms with Crippen molar-refractivity contribution in [2.24, 2.45) is 5.92 Å². The number of hydrogen-bond acceptors (Lipinski definition) is 3. The highest BCUT2D eigenvalue weighted by molar-refractivity contribution is 5.72. The normalized spacial score (nSPS) is 16.7. The van der Waals surface area contributed by atoms with Crippen LogP contribution in [0.3, 0.4) is 0 Å². The van der Waals surface area contributed by atoms with Crippen LogP contribution in [0.25, 0.3) is 0 Å². The first-order chi connectivity index (χ1) is 8.60. The van der Waals surface area contributed by atoms with Crippen LogP contribution < -0.4 is 4.90 Å². The van der Waals surface area contributed by atoms with Gasteiger partial charge in [-0.1, -0.05) is 6.07 Å². The van der Waals surface area contributed by atoms with Gasteiger partial charge in [0.2, 0.25) is 0 Å². The van der Waals surface area contributed by atoms with Crippen LogP contribution in [-0.4, -0.2) is 26.2 Å². The van der Waals surface area contributed by atoms with Crippen LogP contribution in [0, 0.1) is 19.8 Å². The topological polar surface area (TPSA) is 29.5 Å². The summed E-state index contributed by atoms with van der Waals surface area (Å²) in [5.41, 5.74) is 3.86. The Labute approximate surface area is 109 Å². The predicted molar refractivity (Wildman–Crippen MR) is 72.9 cm³/mol. The van der Waals surface area contributed by atoms with E-state index in [1.807, 2.05) is 0 Å². The van der Waals surface area contributed by atoms with E-state index in [1.54, 1.807) is 0 Å². The molecule has 0 aromatic heterocycles. The molecule has 0 amide bonds. The zero-order chi connectivity index (χ0) is 13.1. The van der Waals surface area contributed by atoms with Crippen molar-refractivity contribution < 1.29 is 9.53 Å². The Hall–Kier alpha value is -1.51. The first-order valence-corrected chi connectivity index (χ1v) is 6.51. The Bertz CT molecular complexity index is 414. The summed E-state index contributed by atoms with van der Waals surface area (Å²) >= 11 is 0. The van der Waals surface area contributed by atoms with Gasteiger partial charge in [0, 0.05) is 18.8 Å². The number of carbonyl (C=O) groups is 1. The summed E-state index contributed by atoms with van der Waals surface area (Å²) in [7, 11) is 1.47. The monoisotopic (exact) mass is 247 g/mol. The lowest BCUT2D eigenvalue weighted by Gasteiger charge is -2.32. The van der Waals surface area contributed by atoms with Gasteiger partial charge in [0.15, 0.2) is 0 Å². The van der Waals surface area contributed by atoms with Crippen molar-refractivity contribution in [1.29, 1.82) is 0 Å². The zero-order valence-corrected chi connectivity index (χ0v) is 11.4. The molecule has 0 atom stereocenters. The summed E-state index contributed by atoms with van der Waals surface area (Å²) in [5, 5.41) is 0. The number of benzene rings is 1. The molecule has 1 fully saturated rings. The van der Waals surface area contributed by atoms with Gasteiger partial charge >= 0.3 is 5.97 Å². The molecule has 1 aliphatic rings. The average molecular weight is 247 g/mol. The molecule has 0 aliphatic carbocycles. The van der Waals surface area contributed by atoms with Gasteiger partial charge in [-0.2, -0.15) is 0 Å². The first kappa shape index (κ1) is 12.9. The SMILES string of the molecule is COC(=O)C1CCN(c2cc(C)cc(C)c2)CC1. The zero-order valence-electron chi connectivity index (χ0n) is 11.4. The van der Waals surface area contributed by atoms with Gasteiger partial charge in [0.05, 0.1) is 13.0 Å². The van der Waals surface area contributed by atoms with Crippen molar-refractivity contribution in [1.82, 2.24) is 0 Å². The lowest BCUT2D eigenvalue weighted by atomic mass is 9.96. The van der Waals surface area contributed by atoms with E-state index in [9.17, 15) is 4.79 Å². The highest BCUT2D eigenvalue weighted by Crippen LogP contribution is 2.25. The molecular weight excluding hydrogens is 226 g/mol. The molecule has 3 heteroatoms. The molecule has 1 saturated heterocycles. The number of ether oxygens (including phenoxy) is 1. The van der Waals surface area contributed by atoms with Crippen molar-refractivity contribution in [2.75, 3.05) is 25.1 Å². The molecule has 0 radical (unpaired) electrons. The van der Waals surface area contributed by atoms with Crippen molar-refractivity contribution in [3.8, 4) is 0 Å². The number of anilines is 1.